The Hall–Kier alpha value is -4.80. The lowest BCUT2D eigenvalue weighted by molar-refractivity contribution is 0.0528. The Morgan fingerprint density at radius 1 is 1.08 bits per heavy atom. The van der Waals surface area contributed by atoms with E-state index in [-0.39, 0.29) is 12.5 Å². The van der Waals surface area contributed by atoms with Gasteiger partial charge in [0.2, 0.25) is 0 Å². The van der Waals surface area contributed by atoms with E-state index in [2.05, 4.69) is 25.6 Å². The van der Waals surface area contributed by atoms with Crippen molar-refractivity contribution in [3.05, 3.63) is 83.7 Å². The number of nitrogens with zero attached hydrogens (tertiary/aromatic N) is 7. The Morgan fingerprint density at radius 2 is 1.94 bits per heavy atom. The second-order valence-electron chi connectivity index (χ2n) is 8.19. The molecule has 0 radical (unpaired) electrons. The molecular formula is C25H24N8O3. The van der Waals surface area contributed by atoms with E-state index in [4.69, 9.17) is 4.74 Å². The van der Waals surface area contributed by atoms with Crippen LogP contribution in [0.4, 0.5) is 5.69 Å². The maximum atomic E-state index is 12.9. The van der Waals surface area contributed by atoms with Crippen LogP contribution in [0.2, 0.25) is 0 Å². The highest BCUT2D eigenvalue weighted by molar-refractivity contribution is 6.03. The number of rotatable bonds is 7. The zero-order chi connectivity index (χ0) is 25.2. The van der Waals surface area contributed by atoms with Gasteiger partial charge in [0.05, 0.1) is 24.2 Å². The molecule has 0 saturated carbocycles. The van der Waals surface area contributed by atoms with Gasteiger partial charge in [-0.05, 0) is 51.1 Å². The van der Waals surface area contributed by atoms with Crippen molar-refractivity contribution in [2.45, 2.75) is 27.4 Å². The Balaban J connectivity index is 1.35. The van der Waals surface area contributed by atoms with E-state index in [0.29, 0.717) is 35.0 Å². The summed E-state index contributed by atoms with van der Waals surface area (Å²) in [6, 6.07) is 12.8. The van der Waals surface area contributed by atoms with Crippen LogP contribution >= 0.6 is 0 Å². The van der Waals surface area contributed by atoms with E-state index in [1.54, 1.807) is 46.7 Å². The third-order valence-electron chi connectivity index (χ3n) is 5.57. The summed E-state index contributed by atoms with van der Waals surface area (Å²) in [5.41, 5.74) is 5.01. The molecule has 0 aliphatic rings. The van der Waals surface area contributed by atoms with E-state index in [9.17, 15) is 9.59 Å². The number of carbonyl (C=O) groups excluding carboxylic acids is 2. The van der Waals surface area contributed by atoms with Crippen LogP contribution in [0.1, 0.15) is 39.2 Å². The minimum absolute atomic E-state index is 0.262. The molecule has 4 heterocycles. The van der Waals surface area contributed by atoms with Crippen LogP contribution in [0.5, 0.6) is 0 Å². The average Bonchev–Trinajstić information content (AvgIpc) is 3.58. The van der Waals surface area contributed by atoms with Crippen LogP contribution in [-0.2, 0) is 11.4 Å². The zero-order valence-electron chi connectivity index (χ0n) is 20.0. The Kier molecular flexibility index (Phi) is 6.03. The SMILES string of the molecule is CCOC(=O)c1cnn2c(-c3cccc(NC(=O)c4ccn(Cn5nc(C)cc5C)n4)c3)ccnc12. The summed E-state index contributed by atoms with van der Waals surface area (Å²) >= 11 is 0. The maximum absolute atomic E-state index is 12.9. The largest absolute Gasteiger partial charge is 0.462 e. The van der Waals surface area contributed by atoms with Crippen LogP contribution in [0.15, 0.2) is 61.1 Å². The highest BCUT2D eigenvalue weighted by Gasteiger charge is 2.17. The molecular weight excluding hydrogens is 460 g/mol. The lowest BCUT2D eigenvalue weighted by atomic mass is 10.1. The van der Waals surface area contributed by atoms with Crippen molar-refractivity contribution in [2.75, 3.05) is 11.9 Å². The molecule has 0 aliphatic heterocycles. The normalized spacial score (nSPS) is 11.1. The molecule has 0 atom stereocenters. The number of benzene rings is 1. The Bertz CT molecular complexity index is 1580. The lowest BCUT2D eigenvalue weighted by Crippen LogP contribution is -2.15. The second-order valence-corrected chi connectivity index (χ2v) is 8.19. The minimum Gasteiger partial charge on any atom is -0.462 e. The van der Waals surface area contributed by atoms with Gasteiger partial charge in [-0.1, -0.05) is 12.1 Å². The first-order valence-corrected chi connectivity index (χ1v) is 11.4. The van der Waals surface area contributed by atoms with Gasteiger partial charge in [0, 0.05) is 29.3 Å². The van der Waals surface area contributed by atoms with Crippen LogP contribution in [0.25, 0.3) is 16.9 Å². The van der Waals surface area contributed by atoms with E-state index in [0.717, 1.165) is 17.0 Å². The van der Waals surface area contributed by atoms with Gasteiger partial charge in [0.15, 0.2) is 11.3 Å². The first-order chi connectivity index (χ1) is 17.4. The number of fused-ring (bicyclic) bond motifs is 1. The van der Waals surface area contributed by atoms with Gasteiger partial charge in [-0.15, -0.1) is 0 Å². The fraction of sp³-hybridized carbons (Fsp3) is 0.200. The third-order valence-corrected chi connectivity index (χ3v) is 5.57. The third kappa shape index (κ3) is 4.45. The van der Waals surface area contributed by atoms with Gasteiger partial charge in [-0.25, -0.2) is 19.0 Å². The van der Waals surface area contributed by atoms with Gasteiger partial charge in [-0.3, -0.25) is 9.48 Å². The molecule has 0 saturated heterocycles. The van der Waals surface area contributed by atoms with Crippen molar-refractivity contribution in [2.24, 2.45) is 0 Å². The number of hydrogen-bond donors (Lipinski definition) is 1. The summed E-state index contributed by atoms with van der Waals surface area (Å²) in [6.07, 6.45) is 4.79. The van der Waals surface area contributed by atoms with Gasteiger partial charge < -0.3 is 10.1 Å². The predicted octanol–water partition coefficient (Wildman–Crippen LogP) is 3.34. The molecule has 36 heavy (non-hydrogen) atoms. The quantitative estimate of drug-likeness (QED) is 0.352. The van der Waals surface area contributed by atoms with Crippen molar-refractivity contribution < 1.29 is 14.3 Å². The Morgan fingerprint density at radius 3 is 2.72 bits per heavy atom. The highest BCUT2D eigenvalue weighted by atomic mass is 16.5. The Labute approximate surface area is 206 Å². The van der Waals surface area contributed by atoms with Gasteiger partial charge in [-0.2, -0.15) is 15.3 Å². The fourth-order valence-corrected chi connectivity index (χ4v) is 3.93. The topological polar surface area (TPSA) is 121 Å². The molecule has 0 unspecified atom stereocenters. The van der Waals surface area contributed by atoms with Crippen LogP contribution < -0.4 is 5.32 Å². The molecule has 182 valence electrons. The fourth-order valence-electron chi connectivity index (χ4n) is 3.93. The summed E-state index contributed by atoms with van der Waals surface area (Å²) in [6.45, 7) is 6.33. The molecule has 0 aliphatic carbocycles. The van der Waals surface area contributed by atoms with Crippen molar-refractivity contribution in [3.63, 3.8) is 0 Å². The first kappa shape index (κ1) is 23.0. The van der Waals surface area contributed by atoms with Crippen LogP contribution in [-0.4, -0.2) is 52.6 Å². The molecule has 0 bridgehead atoms. The van der Waals surface area contributed by atoms with Crippen molar-refractivity contribution >= 4 is 23.2 Å². The second kappa shape index (κ2) is 9.45. The number of carbonyl (C=O) groups is 2. The molecule has 5 rings (SSSR count). The zero-order valence-corrected chi connectivity index (χ0v) is 20.0. The molecule has 11 nitrogen and oxygen atoms in total. The first-order valence-electron chi connectivity index (χ1n) is 11.4. The maximum Gasteiger partial charge on any atom is 0.343 e. The van der Waals surface area contributed by atoms with E-state index >= 15 is 0 Å². The van der Waals surface area contributed by atoms with Crippen LogP contribution in [0, 0.1) is 13.8 Å². The van der Waals surface area contributed by atoms with E-state index in [1.165, 1.54) is 6.20 Å². The minimum atomic E-state index is -0.476. The standard InChI is InChI=1S/C25H24N8O3/c1-4-36-25(35)20-14-27-33-22(8-10-26-23(20)33)18-6-5-7-19(13-18)28-24(34)21-9-11-31(30-21)15-32-17(3)12-16(2)29-32/h5-14H,4,15H2,1-3H3,(H,28,34). The van der Waals surface area contributed by atoms with Crippen LogP contribution in [0.3, 0.4) is 0 Å². The summed E-state index contributed by atoms with van der Waals surface area (Å²) in [7, 11) is 0. The van der Waals surface area contributed by atoms with Gasteiger partial charge >= 0.3 is 5.97 Å². The molecule has 1 N–H and O–H groups in total. The number of anilines is 1. The van der Waals surface area contributed by atoms with Crippen molar-refractivity contribution in [1.29, 1.82) is 0 Å². The van der Waals surface area contributed by atoms with Gasteiger partial charge in [0.1, 0.15) is 12.2 Å². The van der Waals surface area contributed by atoms with E-state index < -0.39 is 5.97 Å². The molecule has 1 aromatic carbocycles. The number of esters is 1. The number of ether oxygens (including phenoxy) is 1. The lowest BCUT2D eigenvalue weighted by Gasteiger charge is -2.08. The number of amides is 1. The van der Waals surface area contributed by atoms with Gasteiger partial charge in [0.25, 0.3) is 5.91 Å². The summed E-state index contributed by atoms with van der Waals surface area (Å²) in [5, 5.41) is 16.0. The van der Waals surface area contributed by atoms with E-state index in [1.807, 2.05) is 42.8 Å². The van der Waals surface area contributed by atoms with Crippen molar-refractivity contribution in [1.82, 2.24) is 34.2 Å². The molecule has 11 heteroatoms. The molecule has 4 aromatic heterocycles. The molecule has 0 spiro atoms. The number of aromatic nitrogens is 7. The average molecular weight is 485 g/mol. The number of hydrogen-bond acceptors (Lipinski definition) is 7. The smallest absolute Gasteiger partial charge is 0.343 e. The number of aryl methyl sites for hydroxylation is 2. The molecule has 5 aromatic rings. The monoisotopic (exact) mass is 484 g/mol. The number of nitrogens with one attached hydrogen (secondary N) is 1. The highest BCUT2D eigenvalue weighted by Crippen LogP contribution is 2.24. The molecule has 0 fully saturated rings. The summed E-state index contributed by atoms with van der Waals surface area (Å²) in [5.74, 6) is -0.807. The van der Waals surface area contributed by atoms with Crippen molar-refractivity contribution in [3.8, 4) is 11.3 Å². The summed E-state index contributed by atoms with van der Waals surface area (Å²) in [4.78, 5) is 29.4. The molecule has 1 amide bonds. The predicted molar refractivity (Wildman–Crippen MR) is 132 cm³/mol. The summed E-state index contributed by atoms with van der Waals surface area (Å²) < 4.78 is 10.2.